The first-order valence-corrected chi connectivity index (χ1v) is 7.00. The number of aromatic amines is 1. The van der Waals surface area contributed by atoms with E-state index in [-0.39, 0.29) is 0 Å². The van der Waals surface area contributed by atoms with Crippen LogP contribution in [-0.2, 0) is 20.7 Å². The lowest BCUT2D eigenvalue weighted by Crippen LogP contribution is -2.41. The standard InChI is InChI=1S/C16H18N2O4/c1-21-14(22-2)8-12-15-10(7-13(17-12)16(19)20)9-5-3-4-6-11(9)18-15/h3-6,8,13-14,17-18H,7H2,1-2H3,(H,19,20)/t13-/m0/s1. The van der Waals surface area contributed by atoms with Crippen molar-refractivity contribution in [2.24, 2.45) is 0 Å². The predicted molar refractivity (Wildman–Crippen MR) is 82.3 cm³/mol. The molecule has 0 saturated carbocycles. The highest BCUT2D eigenvalue weighted by Gasteiger charge is 2.30. The third kappa shape index (κ3) is 2.47. The van der Waals surface area contributed by atoms with Crippen LogP contribution in [0, 0.1) is 0 Å². The monoisotopic (exact) mass is 302 g/mol. The number of ether oxygens (including phenoxy) is 2. The van der Waals surface area contributed by atoms with Crippen LogP contribution in [-0.4, -0.2) is 42.6 Å². The number of fused-ring (bicyclic) bond motifs is 3. The number of para-hydroxylation sites is 1. The number of rotatable bonds is 4. The van der Waals surface area contributed by atoms with Crippen molar-refractivity contribution in [1.82, 2.24) is 10.3 Å². The maximum atomic E-state index is 11.4. The molecule has 1 aliphatic heterocycles. The molecule has 2 aromatic rings. The molecule has 0 radical (unpaired) electrons. The molecule has 1 aromatic heterocycles. The third-order valence-corrected chi connectivity index (χ3v) is 3.89. The van der Waals surface area contributed by atoms with Crippen molar-refractivity contribution in [3.8, 4) is 0 Å². The zero-order chi connectivity index (χ0) is 15.7. The Labute approximate surface area is 127 Å². The summed E-state index contributed by atoms with van der Waals surface area (Å²) in [6.45, 7) is 0. The topological polar surface area (TPSA) is 83.6 Å². The Morgan fingerprint density at radius 1 is 1.36 bits per heavy atom. The quantitative estimate of drug-likeness (QED) is 0.749. The highest BCUT2D eigenvalue weighted by molar-refractivity contribution is 5.92. The Kier molecular flexibility index (Phi) is 3.87. The Morgan fingerprint density at radius 3 is 2.77 bits per heavy atom. The van der Waals surface area contributed by atoms with Crippen LogP contribution in [0.4, 0.5) is 0 Å². The van der Waals surface area contributed by atoms with Crippen molar-refractivity contribution in [2.45, 2.75) is 18.8 Å². The van der Waals surface area contributed by atoms with Crippen molar-refractivity contribution in [2.75, 3.05) is 14.2 Å². The maximum absolute atomic E-state index is 11.4. The van der Waals surface area contributed by atoms with Crippen LogP contribution >= 0.6 is 0 Å². The van der Waals surface area contributed by atoms with E-state index in [4.69, 9.17) is 9.47 Å². The number of hydrogen-bond acceptors (Lipinski definition) is 4. The number of methoxy groups -OCH3 is 2. The van der Waals surface area contributed by atoms with Gasteiger partial charge in [0.2, 0.25) is 0 Å². The molecular weight excluding hydrogens is 284 g/mol. The van der Waals surface area contributed by atoms with E-state index in [9.17, 15) is 9.90 Å². The molecule has 0 bridgehead atoms. The molecule has 0 fully saturated rings. The van der Waals surface area contributed by atoms with E-state index in [0.717, 1.165) is 22.2 Å². The van der Waals surface area contributed by atoms with Crippen LogP contribution in [0.15, 0.2) is 30.3 Å². The van der Waals surface area contributed by atoms with Gasteiger partial charge in [-0.05, 0) is 17.7 Å². The van der Waals surface area contributed by atoms with Gasteiger partial charge in [-0.1, -0.05) is 18.2 Å². The summed E-state index contributed by atoms with van der Waals surface area (Å²) in [4.78, 5) is 14.8. The molecule has 0 aliphatic carbocycles. The van der Waals surface area contributed by atoms with Crippen molar-refractivity contribution >= 4 is 22.6 Å². The van der Waals surface area contributed by atoms with Crippen molar-refractivity contribution in [3.05, 3.63) is 41.6 Å². The number of benzene rings is 1. The fourth-order valence-electron chi connectivity index (χ4n) is 2.81. The van der Waals surface area contributed by atoms with Gasteiger partial charge in [-0.25, -0.2) is 4.79 Å². The number of H-pyrrole nitrogens is 1. The summed E-state index contributed by atoms with van der Waals surface area (Å²) in [5.74, 6) is -0.881. The average molecular weight is 302 g/mol. The third-order valence-electron chi connectivity index (χ3n) is 3.89. The molecule has 3 N–H and O–H groups in total. The van der Waals surface area contributed by atoms with E-state index in [1.807, 2.05) is 24.3 Å². The molecule has 22 heavy (non-hydrogen) atoms. The van der Waals surface area contributed by atoms with Gasteiger partial charge in [0.05, 0.1) is 11.4 Å². The first kappa shape index (κ1) is 14.6. The molecule has 6 nitrogen and oxygen atoms in total. The van der Waals surface area contributed by atoms with Crippen LogP contribution in [0.1, 0.15) is 11.3 Å². The van der Waals surface area contributed by atoms with Gasteiger partial charge in [-0.15, -0.1) is 0 Å². The molecule has 6 heteroatoms. The Bertz CT molecular complexity index is 731. The molecule has 1 aliphatic rings. The lowest BCUT2D eigenvalue weighted by molar-refractivity contribution is -0.139. The SMILES string of the molecule is COC(C=C1N[C@H](C(=O)O)Cc2c1[nH]c1ccccc21)OC. The minimum atomic E-state index is -0.881. The van der Waals surface area contributed by atoms with Crippen molar-refractivity contribution in [3.63, 3.8) is 0 Å². The predicted octanol–water partition coefficient (Wildman–Crippen LogP) is 1.73. The summed E-state index contributed by atoms with van der Waals surface area (Å²) in [5, 5.41) is 13.5. The second-order valence-corrected chi connectivity index (χ2v) is 5.18. The lowest BCUT2D eigenvalue weighted by atomic mass is 9.96. The molecule has 0 unspecified atom stereocenters. The summed E-state index contributed by atoms with van der Waals surface area (Å²) >= 11 is 0. The van der Waals surface area contributed by atoms with E-state index >= 15 is 0 Å². The van der Waals surface area contributed by atoms with E-state index < -0.39 is 18.3 Å². The number of nitrogens with one attached hydrogen (secondary N) is 2. The maximum Gasteiger partial charge on any atom is 0.326 e. The highest BCUT2D eigenvalue weighted by Crippen LogP contribution is 2.31. The molecule has 116 valence electrons. The van der Waals surface area contributed by atoms with Gasteiger partial charge in [0.25, 0.3) is 0 Å². The molecule has 1 aromatic carbocycles. The highest BCUT2D eigenvalue weighted by atomic mass is 16.7. The fraction of sp³-hybridized carbons (Fsp3) is 0.312. The van der Waals surface area contributed by atoms with Crippen LogP contribution in [0.25, 0.3) is 16.6 Å². The van der Waals surface area contributed by atoms with Crippen LogP contribution in [0.2, 0.25) is 0 Å². The first-order chi connectivity index (χ1) is 10.6. The Hall–Kier alpha value is -2.31. The molecular formula is C16H18N2O4. The minimum Gasteiger partial charge on any atom is -0.480 e. The number of carbonyl (C=O) groups is 1. The number of hydrogen-bond donors (Lipinski definition) is 3. The number of carboxylic acids is 1. The number of aliphatic carboxylic acids is 1. The molecule has 0 amide bonds. The van der Waals surface area contributed by atoms with Crippen molar-refractivity contribution in [1.29, 1.82) is 0 Å². The molecule has 0 saturated heterocycles. The first-order valence-electron chi connectivity index (χ1n) is 7.00. The average Bonchev–Trinajstić information content (AvgIpc) is 2.91. The van der Waals surface area contributed by atoms with Gasteiger partial charge in [-0.2, -0.15) is 0 Å². The molecule has 1 atom stereocenters. The van der Waals surface area contributed by atoms with Gasteiger partial charge in [-0.3, -0.25) is 0 Å². The van der Waals surface area contributed by atoms with Gasteiger partial charge < -0.3 is 24.9 Å². The van der Waals surface area contributed by atoms with E-state index in [1.54, 1.807) is 6.08 Å². The summed E-state index contributed by atoms with van der Waals surface area (Å²) in [5.41, 5.74) is 3.55. The van der Waals surface area contributed by atoms with Gasteiger partial charge in [0.15, 0.2) is 6.29 Å². The zero-order valence-corrected chi connectivity index (χ0v) is 12.4. The zero-order valence-electron chi connectivity index (χ0n) is 12.4. The van der Waals surface area contributed by atoms with Crippen LogP contribution in [0.3, 0.4) is 0 Å². The minimum absolute atomic E-state index is 0.427. The molecule has 0 spiro atoms. The molecule has 2 heterocycles. The van der Waals surface area contributed by atoms with Gasteiger partial charge >= 0.3 is 5.97 Å². The number of carboxylic acid groups (broad SMARTS) is 1. The van der Waals surface area contributed by atoms with Gasteiger partial charge in [0.1, 0.15) is 6.04 Å². The van der Waals surface area contributed by atoms with E-state index in [0.29, 0.717) is 12.1 Å². The number of aromatic nitrogens is 1. The van der Waals surface area contributed by atoms with Gasteiger partial charge in [0, 0.05) is 31.5 Å². The summed E-state index contributed by atoms with van der Waals surface area (Å²) in [6, 6.07) is 7.20. The van der Waals surface area contributed by atoms with E-state index in [1.165, 1.54) is 14.2 Å². The largest absolute Gasteiger partial charge is 0.480 e. The second-order valence-electron chi connectivity index (χ2n) is 5.18. The Morgan fingerprint density at radius 2 is 2.09 bits per heavy atom. The Balaban J connectivity index is 2.14. The van der Waals surface area contributed by atoms with Crippen molar-refractivity contribution < 1.29 is 19.4 Å². The smallest absolute Gasteiger partial charge is 0.326 e. The lowest BCUT2D eigenvalue weighted by Gasteiger charge is -2.25. The van der Waals surface area contributed by atoms with Crippen LogP contribution < -0.4 is 5.32 Å². The second kappa shape index (κ2) is 5.82. The normalized spacial score (nSPS) is 19.4. The van der Waals surface area contributed by atoms with E-state index in [2.05, 4.69) is 10.3 Å². The fourth-order valence-corrected chi connectivity index (χ4v) is 2.81. The summed E-state index contributed by atoms with van der Waals surface area (Å²) in [7, 11) is 3.07. The van der Waals surface area contributed by atoms with Crippen LogP contribution in [0.5, 0.6) is 0 Å². The molecule has 3 rings (SSSR count). The summed E-state index contributed by atoms with van der Waals surface area (Å²) < 4.78 is 10.4. The summed E-state index contributed by atoms with van der Waals surface area (Å²) in [6.07, 6.45) is 1.62.